The fourth-order valence-corrected chi connectivity index (χ4v) is 3.62. The van der Waals surface area contributed by atoms with Gasteiger partial charge in [0.15, 0.2) is 11.5 Å². The molecule has 8 nitrogen and oxygen atoms in total. The van der Waals surface area contributed by atoms with Crippen LogP contribution in [0.15, 0.2) is 65.3 Å². The highest BCUT2D eigenvalue weighted by molar-refractivity contribution is 5.87. The van der Waals surface area contributed by atoms with Gasteiger partial charge in [-0.1, -0.05) is 29.4 Å². The number of allylic oxidation sites excluding steroid dienone is 1. The molecule has 0 spiro atoms. The lowest BCUT2D eigenvalue weighted by Gasteiger charge is -2.34. The molecular weight excluding hydrogens is 415 g/mol. The van der Waals surface area contributed by atoms with E-state index in [9.17, 15) is 14.3 Å². The lowest BCUT2D eigenvalue weighted by molar-refractivity contribution is 0.209. The Morgan fingerprint density at radius 3 is 2.84 bits per heavy atom. The van der Waals surface area contributed by atoms with Crippen molar-refractivity contribution in [2.45, 2.75) is 13.0 Å². The molecule has 9 heteroatoms. The van der Waals surface area contributed by atoms with Gasteiger partial charge in [0, 0.05) is 17.8 Å². The Bertz CT molecular complexity index is 1220. The van der Waals surface area contributed by atoms with Crippen LogP contribution in [0.2, 0.25) is 0 Å². The summed E-state index contributed by atoms with van der Waals surface area (Å²) in [6, 6.07) is 9.68. The maximum atomic E-state index is 13.6. The number of urea groups is 1. The third-order valence-electron chi connectivity index (χ3n) is 5.18. The molecule has 1 aliphatic rings. The summed E-state index contributed by atoms with van der Waals surface area (Å²) in [4.78, 5) is 18.7. The van der Waals surface area contributed by atoms with E-state index in [1.807, 2.05) is 0 Å². The zero-order valence-electron chi connectivity index (χ0n) is 17.5. The monoisotopic (exact) mass is 436 g/mol. The summed E-state index contributed by atoms with van der Waals surface area (Å²) in [5, 5.41) is 17.2. The van der Waals surface area contributed by atoms with Gasteiger partial charge in [-0.15, -0.1) is 6.58 Å². The lowest BCUT2D eigenvalue weighted by Crippen LogP contribution is -2.46. The zero-order chi connectivity index (χ0) is 22.8. The first-order valence-electron chi connectivity index (χ1n) is 9.79. The maximum Gasteiger partial charge on any atom is 0.322 e. The summed E-state index contributed by atoms with van der Waals surface area (Å²) >= 11 is 0. The second-order valence-corrected chi connectivity index (χ2v) is 7.15. The number of carbonyl (C=O) groups excluding carboxylic acids is 1. The number of aromatic hydroxyl groups is 1. The minimum atomic E-state index is -0.679. The van der Waals surface area contributed by atoms with E-state index in [2.05, 4.69) is 22.0 Å². The van der Waals surface area contributed by atoms with Gasteiger partial charge in [0.05, 0.1) is 18.7 Å². The number of methoxy groups -OCH3 is 1. The molecule has 2 N–H and O–H groups in total. The van der Waals surface area contributed by atoms with Crippen LogP contribution in [0.4, 0.5) is 9.18 Å². The number of amides is 2. The Morgan fingerprint density at radius 1 is 1.34 bits per heavy atom. The van der Waals surface area contributed by atoms with Crippen LogP contribution in [-0.4, -0.2) is 39.8 Å². The van der Waals surface area contributed by atoms with Gasteiger partial charge in [0.25, 0.3) is 5.89 Å². The number of ether oxygens (including phenoxy) is 1. The van der Waals surface area contributed by atoms with Crippen LogP contribution in [0, 0.1) is 5.82 Å². The van der Waals surface area contributed by atoms with Gasteiger partial charge in [-0.05, 0) is 36.8 Å². The predicted octanol–water partition coefficient (Wildman–Crippen LogP) is 4.27. The van der Waals surface area contributed by atoms with E-state index < -0.39 is 11.9 Å². The SMILES string of the molecule is C=CCN1C(=O)NC(c2ccc(OC)c(O)c2)C(c2nc(-c3cccc(F)c3)no2)=C1C. The topological polar surface area (TPSA) is 101 Å². The van der Waals surface area contributed by atoms with Crippen LogP contribution < -0.4 is 10.1 Å². The number of phenolic OH excluding ortho intramolecular Hbond substituents is 1. The van der Waals surface area contributed by atoms with Crippen LogP contribution in [0.25, 0.3) is 17.0 Å². The zero-order valence-corrected chi connectivity index (χ0v) is 17.5. The Hall–Kier alpha value is -4.14. The van der Waals surface area contributed by atoms with Crippen molar-refractivity contribution in [1.82, 2.24) is 20.4 Å². The van der Waals surface area contributed by atoms with E-state index in [0.29, 0.717) is 28.1 Å². The quantitative estimate of drug-likeness (QED) is 0.560. The molecule has 32 heavy (non-hydrogen) atoms. The molecule has 2 heterocycles. The van der Waals surface area contributed by atoms with Gasteiger partial charge < -0.3 is 19.7 Å². The molecule has 0 bridgehead atoms. The van der Waals surface area contributed by atoms with Crippen LogP contribution in [-0.2, 0) is 0 Å². The average molecular weight is 436 g/mol. The molecule has 2 amide bonds. The molecule has 1 atom stereocenters. The molecule has 3 aromatic rings. The first-order chi connectivity index (χ1) is 15.4. The number of nitrogens with one attached hydrogen (secondary N) is 1. The van der Waals surface area contributed by atoms with E-state index in [1.165, 1.54) is 30.2 Å². The van der Waals surface area contributed by atoms with Crippen LogP contribution >= 0.6 is 0 Å². The third kappa shape index (κ3) is 3.80. The van der Waals surface area contributed by atoms with E-state index >= 15 is 0 Å². The smallest absolute Gasteiger partial charge is 0.322 e. The highest BCUT2D eigenvalue weighted by atomic mass is 19.1. The molecule has 0 saturated carbocycles. The Morgan fingerprint density at radius 2 is 2.16 bits per heavy atom. The van der Waals surface area contributed by atoms with E-state index in [1.54, 1.807) is 37.3 Å². The Labute approximate surface area is 183 Å². The molecule has 1 aromatic heterocycles. The number of rotatable bonds is 6. The van der Waals surface area contributed by atoms with E-state index in [0.717, 1.165) is 0 Å². The largest absolute Gasteiger partial charge is 0.504 e. The second-order valence-electron chi connectivity index (χ2n) is 7.15. The Kier molecular flexibility index (Phi) is 5.63. The van der Waals surface area contributed by atoms with Crippen LogP contribution in [0.1, 0.15) is 24.4 Å². The minimum Gasteiger partial charge on any atom is -0.504 e. The van der Waals surface area contributed by atoms with Gasteiger partial charge in [0.1, 0.15) is 5.82 Å². The van der Waals surface area contributed by atoms with Crippen molar-refractivity contribution in [3.63, 3.8) is 0 Å². The van der Waals surface area contributed by atoms with Gasteiger partial charge in [-0.2, -0.15) is 4.98 Å². The standard InChI is InChI=1S/C23H21FN4O4/c1-4-10-28-13(2)19(22-26-21(27-32-22)15-6-5-7-16(24)11-15)20(25-23(28)30)14-8-9-18(31-3)17(29)12-14/h4-9,11-12,20,29H,1,10H2,2-3H3,(H,25,30). The molecule has 4 rings (SSSR count). The summed E-state index contributed by atoms with van der Waals surface area (Å²) in [6.45, 7) is 5.74. The highest BCUT2D eigenvalue weighted by Gasteiger charge is 2.35. The fraction of sp³-hybridized carbons (Fsp3) is 0.174. The van der Waals surface area contributed by atoms with Gasteiger partial charge in [-0.3, -0.25) is 4.90 Å². The Balaban J connectivity index is 1.83. The maximum absolute atomic E-state index is 13.6. The van der Waals surface area contributed by atoms with Crippen molar-refractivity contribution < 1.29 is 23.6 Å². The molecule has 164 valence electrons. The van der Waals surface area contributed by atoms with Crippen molar-refractivity contribution in [3.8, 4) is 22.9 Å². The second kappa shape index (κ2) is 8.54. The molecule has 0 aliphatic carbocycles. The summed E-state index contributed by atoms with van der Waals surface area (Å²) in [7, 11) is 1.45. The number of nitrogens with zero attached hydrogens (tertiary/aromatic N) is 3. The summed E-state index contributed by atoms with van der Waals surface area (Å²) in [5.41, 5.74) is 2.18. The van der Waals surface area contributed by atoms with Crippen LogP contribution in [0.5, 0.6) is 11.5 Å². The molecule has 0 fully saturated rings. The molecule has 2 aromatic carbocycles. The highest BCUT2D eigenvalue weighted by Crippen LogP contribution is 2.39. The number of phenols is 1. The summed E-state index contributed by atoms with van der Waals surface area (Å²) in [6.07, 6.45) is 1.60. The normalized spacial score (nSPS) is 16.2. The van der Waals surface area contributed by atoms with Crippen molar-refractivity contribution in [2.75, 3.05) is 13.7 Å². The van der Waals surface area contributed by atoms with Gasteiger partial charge >= 0.3 is 6.03 Å². The van der Waals surface area contributed by atoms with Crippen molar-refractivity contribution >= 4 is 11.6 Å². The van der Waals surface area contributed by atoms with E-state index in [4.69, 9.17) is 9.26 Å². The number of hydrogen-bond donors (Lipinski definition) is 2. The fourth-order valence-electron chi connectivity index (χ4n) is 3.62. The number of benzene rings is 2. The van der Waals surface area contributed by atoms with Crippen molar-refractivity contribution in [1.29, 1.82) is 0 Å². The minimum absolute atomic E-state index is 0.0734. The first kappa shape index (κ1) is 21.1. The molecule has 1 unspecified atom stereocenters. The third-order valence-corrected chi connectivity index (χ3v) is 5.18. The number of carbonyl (C=O) groups is 1. The first-order valence-corrected chi connectivity index (χ1v) is 9.79. The summed E-state index contributed by atoms with van der Waals surface area (Å²) in [5.74, 6) is 0.186. The van der Waals surface area contributed by atoms with Crippen LogP contribution in [0.3, 0.4) is 0 Å². The summed E-state index contributed by atoms with van der Waals surface area (Å²) < 4.78 is 24.3. The van der Waals surface area contributed by atoms with Crippen molar-refractivity contribution in [2.24, 2.45) is 0 Å². The molecule has 0 saturated heterocycles. The average Bonchev–Trinajstić information content (AvgIpc) is 3.26. The molecule has 0 radical (unpaired) electrons. The number of halogens is 1. The number of aromatic nitrogens is 2. The molecular formula is C23H21FN4O4. The van der Waals surface area contributed by atoms with Gasteiger partial charge in [-0.25, -0.2) is 9.18 Å². The van der Waals surface area contributed by atoms with E-state index in [-0.39, 0.29) is 30.0 Å². The predicted molar refractivity (Wildman–Crippen MR) is 115 cm³/mol. The van der Waals surface area contributed by atoms with Gasteiger partial charge in [0.2, 0.25) is 5.82 Å². The lowest BCUT2D eigenvalue weighted by atomic mass is 9.94. The molecule has 1 aliphatic heterocycles. The number of hydrogen-bond acceptors (Lipinski definition) is 6. The van der Waals surface area contributed by atoms with Crippen molar-refractivity contribution in [3.05, 3.63) is 78.1 Å².